The maximum Gasteiger partial charge on any atom is 0.331 e. The summed E-state index contributed by atoms with van der Waals surface area (Å²) in [6, 6.07) is -0.219. The molecule has 0 aromatic carbocycles. The Hall–Kier alpha value is -1.40. The zero-order valence-corrected chi connectivity index (χ0v) is 12.0. The molecule has 6 nitrogen and oxygen atoms in total. The van der Waals surface area contributed by atoms with E-state index in [1.807, 2.05) is 6.92 Å². The molecule has 3 unspecified atom stereocenters. The first kappa shape index (κ1) is 16.7. The summed E-state index contributed by atoms with van der Waals surface area (Å²) in [7, 11) is 0. The molecule has 1 aliphatic rings. The van der Waals surface area contributed by atoms with E-state index in [9.17, 15) is 9.59 Å². The second kappa shape index (κ2) is 8.01. The number of nitrogens with one attached hydrogen (secondary N) is 1. The summed E-state index contributed by atoms with van der Waals surface area (Å²) in [4.78, 5) is 22.3. The topological polar surface area (TPSA) is 95.9 Å². The smallest absolute Gasteiger partial charge is 0.331 e. The summed E-state index contributed by atoms with van der Waals surface area (Å²) >= 11 is 0. The molecule has 6 heteroatoms. The largest absolute Gasteiger partial charge is 0.478 e. The van der Waals surface area contributed by atoms with Crippen LogP contribution in [-0.4, -0.2) is 46.9 Å². The molecule has 0 radical (unpaired) electrons. The van der Waals surface area contributed by atoms with Gasteiger partial charge in [0.15, 0.2) is 0 Å². The van der Waals surface area contributed by atoms with Gasteiger partial charge in [-0.05, 0) is 19.3 Å². The zero-order chi connectivity index (χ0) is 15.1. The van der Waals surface area contributed by atoms with Crippen LogP contribution in [0.3, 0.4) is 0 Å². The number of hydrogen-bond acceptors (Lipinski definition) is 4. The van der Waals surface area contributed by atoms with Crippen LogP contribution in [0.5, 0.6) is 0 Å². The third-order valence-electron chi connectivity index (χ3n) is 3.43. The fraction of sp³-hybridized carbons (Fsp3) is 0.714. The van der Waals surface area contributed by atoms with Crippen LogP contribution in [0.2, 0.25) is 0 Å². The maximum atomic E-state index is 11.2. The van der Waals surface area contributed by atoms with Gasteiger partial charge in [0, 0.05) is 25.5 Å². The van der Waals surface area contributed by atoms with Gasteiger partial charge in [-0.25, -0.2) is 4.79 Å². The summed E-state index contributed by atoms with van der Waals surface area (Å²) in [6.45, 7) is 3.40. The van der Waals surface area contributed by atoms with Crippen LogP contribution >= 0.6 is 0 Å². The standard InChI is InChI=1S/C14H23NO5/c1-3-11(6-7-16)20-13-8-10(14(18)19)4-5-12(13)15-9(2)17/h4,11-13,16H,3,5-8H2,1-2H3,(H,15,17)(H,18,19). The minimum absolute atomic E-state index is 0.0255. The van der Waals surface area contributed by atoms with E-state index in [0.29, 0.717) is 18.4 Å². The third-order valence-corrected chi connectivity index (χ3v) is 3.43. The fourth-order valence-corrected chi connectivity index (χ4v) is 2.35. The van der Waals surface area contributed by atoms with Crippen molar-refractivity contribution in [2.24, 2.45) is 0 Å². The first-order valence-electron chi connectivity index (χ1n) is 6.93. The number of carbonyl (C=O) groups is 2. The summed E-state index contributed by atoms with van der Waals surface area (Å²) in [5.41, 5.74) is 0.315. The molecule has 20 heavy (non-hydrogen) atoms. The van der Waals surface area contributed by atoms with E-state index in [-0.39, 0.29) is 37.2 Å². The van der Waals surface area contributed by atoms with E-state index in [0.717, 1.165) is 6.42 Å². The molecular weight excluding hydrogens is 262 g/mol. The van der Waals surface area contributed by atoms with Gasteiger partial charge in [0.25, 0.3) is 0 Å². The normalized spacial score (nSPS) is 23.9. The fourth-order valence-electron chi connectivity index (χ4n) is 2.35. The van der Waals surface area contributed by atoms with Crippen molar-refractivity contribution in [3.63, 3.8) is 0 Å². The van der Waals surface area contributed by atoms with Crippen molar-refractivity contribution >= 4 is 11.9 Å². The molecular formula is C14H23NO5. The van der Waals surface area contributed by atoms with Crippen molar-refractivity contribution < 1.29 is 24.5 Å². The SMILES string of the molecule is CCC(CCO)OC1CC(C(=O)O)=CCC1NC(C)=O. The van der Waals surface area contributed by atoms with E-state index in [2.05, 4.69) is 5.32 Å². The van der Waals surface area contributed by atoms with Gasteiger partial charge in [0.2, 0.25) is 5.91 Å². The lowest BCUT2D eigenvalue weighted by atomic mass is 9.91. The van der Waals surface area contributed by atoms with Crippen LogP contribution in [0.1, 0.15) is 39.5 Å². The predicted octanol–water partition coefficient (Wildman–Crippen LogP) is 0.842. The van der Waals surface area contributed by atoms with Crippen molar-refractivity contribution in [2.45, 2.75) is 57.8 Å². The molecule has 3 N–H and O–H groups in total. The highest BCUT2D eigenvalue weighted by atomic mass is 16.5. The lowest BCUT2D eigenvalue weighted by molar-refractivity contribution is -0.133. The lowest BCUT2D eigenvalue weighted by Gasteiger charge is -2.33. The Morgan fingerprint density at radius 2 is 2.25 bits per heavy atom. The minimum Gasteiger partial charge on any atom is -0.478 e. The zero-order valence-electron chi connectivity index (χ0n) is 12.0. The monoisotopic (exact) mass is 285 g/mol. The number of aliphatic carboxylic acids is 1. The summed E-state index contributed by atoms with van der Waals surface area (Å²) in [5, 5.41) is 20.9. The van der Waals surface area contributed by atoms with Gasteiger partial charge in [-0.3, -0.25) is 4.79 Å². The molecule has 0 heterocycles. The molecule has 0 saturated heterocycles. The van der Waals surface area contributed by atoms with Crippen LogP contribution < -0.4 is 5.32 Å². The quantitative estimate of drug-likeness (QED) is 0.644. The van der Waals surface area contributed by atoms with Crippen molar-refractivity contribution in [3.05, 3.63) is 11.6 Å². The third kappa shape index (κ3) is 4.94. The number of aliphatic hydroxyl groups is 1. The molecule has 0 aliphatic heterocycles. The van der Waals surface area contributed by atoms with Gasteiger partial charge in [-0.2, -0.15) is 0 Å². The highest BCUT2D eigenvalue weighted by molar-refractivity contribution is 5.87. The molecule has 0 saturated carbocycles. The molecule has 1 rings (SSSR count). The molecule has 0 bridgehead atoms. The van der Waals surface area contributed by atoms with Crippen molar-refractivity contribution in [1.29, 1.82) is 0 Å². The number of aliphatic hydroxyl groups excluding tert-OH is 1. The van der Waals surface area contributed by atoms with Gasteiger partial charge in [-0.15, -0.1) is 0 Å². The second-order valence-electron chi connectivity index (χ2n) is 5.00. The number of carboxylic acid groups (broad SMARTS) is 1. The lowest BCUT2D eigenvalue weighted by Crippen LogP contribution is -2.47. The Kier molecular flexibility index (Phi) is 6.67. The summed E-state index contributed by atoms with van der Waals surface area (Å²) < 4.78 is 5.90. The summed E-state index contributed by atoms with van der Waals surface area (Å²) in [6.07, 6.45) is 3.09. The van der Waals surface area contributed by atoms with Crippen LogP contribution in [0.25, 0.3) is 0 Å². The van der Waals surface area contributed by atoms with Crippen LogP contribution in [0, 0.1) is 0 Å². The van der Waals surface area contributed by atoms with Gasteiger partial charge >= 0.3 is 5.97 Å². The highest BCUT2D eigenvalue weighted by Crippen LogP contribution is 2.24. The molecule has 0 aromatic rings. The first-order valence-corrected chi connectivity index (χ1v) is 6.93. The molecule has 0 spiro atoms. The number of amides is 1. The average molecular weight is 285 g/mol. The van der Waals surface area contributed by atoms with Crippen molar-refractivity contribution in [1.82, 2.24) is 5.32 Å². The molecule has 1 amide bonds. The van der Waals surface area contributed by atoms with E-state index in [1.165, 1.54) is 6.92 Å². The number of carboxylic acids is 1. The minimum atomic E-state index is -0.949. The van der Waals surface area contributed by atoms with Crippen LogP contribution in [0.4, 0.5) is 0 Å². The Balaban J connectivity index is 2.76. The predicted molar refractivity (Wildman–Crippen MR) is 73.2 cm³/mol. The Bertz CT molecular complexity index is 380. The second-order valence-corrected chi connectivity index (χ2v) is 5.00. The van der Waals surface area contributed by atoms with Crippen LogP contribution in [0.15, 0.2) is 11.6 Å². The van der Waals surface area contributed by atoms with E-state index < -0.39 is 5.97 Å². The highest BCUT2D eigenvalue weighted by Gasteiger charge is 2.31. The molecule has 0 aromatic heterocycles. The van der Waals surface area contributed by atoms with E-state index in [4.69, 9.17) is 14.9 Å². The van der Waals surface area contributed by atoms with E-state index in [1.54, 1.807) is 6.08 Å². The molecule has 0 fully saturated rings. The molecule has 1 aliphatic carbocycles. The maximum absolute atomic E-state index is 11.2. The Morgan fingerprint density at radius 3 is 2.75 bits per heavy atom. The van der Waals surface area contributed by atoms with Crippen LogP contribution in [-0.2, 0) is 14.3 Å². The average Bonchev–Trinajstić information content (AvgIpc) is 2.39. The Labute approximate surface area is 118 Å². The summed E-state index contributed by atoms with van der Waals surface area (Å²) in [5.74, 6) is -1.11. The number of carbonyl (C=O) groups excluding carboxylic acids is 1. The van der Waals surface area contributed by atoms with Crippen molar-refractivity contribution in [3.8, 4) is 0 Å². The first-order chi connectivity index (χ1) is 9.47. The number of hydrogen-bond donors (Lipinski definition) is 3. The number of ether oxygens (including phenoxy) is 1. The van der Waals surface area contributed by atoms with Gasteiger partial charge in [0.1, 0.15) is 0 Å². The van der Waals surface area contributed by atoms with Gasteiger partial charge in [-0.1, -0.05) is 13.0 Å². The molecule has 114 valence electrons. The Morgan fingerprint density at radius 1 is 1.55 bits per heavy atom. The van der Waals surface area contributed by atoms with Gasteiger partial charge < -0.3 is 20.3 Å². The molecule has 3 atom stereocenters. The van der Waals surface area contributed by atoms with E-state index >= 15 is 0 Å². The van der Waals surface area contributed by atoms with Gasteiger partial charge in [0.05, 0.1) is 18.2 Å². The van der Waals surface area contributed by atoms with Crippen molar-refractivity contribution in [2.75, 3.05) is 6.61 Å². The number of rotatable bonds is 7.